The molecule has 0 radical (unpaired) electrons. The third kappa shape index (κ3) is 5.06. The van der Waals surface area contributed by atoms with Crippen molar-refractivity contribution in [1.82, 2.24) is 4.90 Å². The summed E-state index contributed by atoms with van der Waals surface area (Å²) in [5.74, 6) is -0.334. The van der Waals surface area contributed by atoms with Gasteiger partial charge in [-0.25, -0.2) is 4.39 Å². The lowest BCUT2D eigenvalue weighted by Gasteiger charge is -2.27. The Balaban J connectivity index is 1.87. The molecule has 2 nitrogen and oxygen atoms in total. The Labute approximate surface area is 169 Å². The lowest BCUT2D eigenvalue weighted by Crippen LogP contribution is -2.34. The minimum absolute atomic E-state index is 0.276. The van der Waals surface area contributed by atoms with Gasteiger partial charge in [-0.15, -0.1) is 0 Å². The lowest BCUT2D eigenvalue weighted by molar-refractivity contribution is 0.403. The zero-order valence-electron chi connectivity index (χ0n) is 15.0. The quantitative estimate of drug-likeness (QED) is 0.516. The van der Waals surface area contributed by atoms with E-state index in [4.69, 9.17) is 23.8 Å². The molecule has 0 aliphatic heterocycles. The first-order chi connectivity index (χ1) is 13.0. The first kappa shape index (κ1) is 19.3. The molecule has 1 N–H and O–H groups in total. The monoisotopic (exact) mass is 398 g/mol. The molecule has 27 heavy (non-hydrogen) atoms. The largest absolute Gasteiger partial charge is 0.340 e. The van der Waals surface area contributed by atoms with Crippen LogP contribution in [0.4, 0.5) is 10.1 Å². The van der Waals surface area contributed by atoms with Gasteiger partial charge >= 0.3 is 0 Å². The number of hydrogen-bond acceptors (Lipinski definition) is 1. The van der Waals surface area contributed by atoms with Crippen molar-refractivity contribution in [3.05, 3.63) is 100 Å². The second-order valence-electron chi connectivity index (χ2n) is 6.29. The Morgan fingerprint density at radius 2 is 1.67 bits per heavy atom. The minimum atomic E-state index is -0.334. The van der Waals surface area contributed by atoms with Gasteiger partial charge in [0.1, 0.15) is 5.82 Å². The van der Waals surface area contributed by atoms with Crippen molar-refractivity contribution in [3.8, 4) is 0 Å². The van der Waals surface area contributed by atoms with E-state index in [2.05, 4.69) is 5.32 Å². The fourth-order valence-electron chi connectivity index (χ4n) is 2.78. The number of para-hydroxylation sites is 1. The predicted molar refractivity (Wildman–Crippen MR) is 114 cm³/mol. The number of benzene rings is 3. The zero-order valence-corrected chi connectivity index (χ0v) is 16.5. The van der Waals surface area contributed by atoms with E-state index in [1.807, 2.05) is 66.4 Å². The lowest BCUT2D eigenvalue weighted by atomic mass is 10.1. The van der Waals surface area contributed by atoms with Crippen LogP contribution in [0.25, 0.3) is 0 Å². The van der Waals surface area contributed by atoms with Gasteiger partial charge < -0.3 is 10.2 Å². The van der Waals surface area contributed by atoms with Crippen molar-refractivity contribution in [3.63, 3.8) is 0 Å². The van der Waals surface area contributed by atoms with Gasteiger partial charge in [-0.05, 0) is 48.5 Å². The maximum absolute atomic E-state index is 14.3. The summed E-state index contributed by atoms with van der Waals surface area (Å²) in [5, 5.41) is 4.20. The SMILES string of the molecule is Cc1ccccc1NC(=S)N(Cc1ccccc1)Cc1c(F)cccc1Cl. The molecule has 5 heteroatoms. The summed E-state index contributed by atoms with van der Waals surface area (Å²) in [6.45, 7) is 2.83. The first-order valence-corrected chi connectivity index (χ1v) is 9.41. The maximum atomic E-state index is 14.3. The van der Waals surface area contributed by atoms with E-state index in [0.717, 1.165) is 16.8 Å². The van der Waals surface area contributed by atoms with E-state index in [9.17, 15) is 4.39 Å². The number of thiocarbonyl (C=S) groups is 1. The molecule has 0 saturated heterocycles. The molecule has 0 aliphatic rings. The van der Waals surface area contributed by atoms with Crippen molar-refractivity contribution in [2.24, 2.45) is 0 Å². The summed E-state index contributed by atoms with van der Waals surface area (Å²) < 4.78 is 14.3. The normalized spacial score (nSPS) is 10.5. The van der Waals surface area contributed by atoms with Crippen molar-refractivity contribution >= 4 is 34.6 Å². The van der Waals surface area contributed by atoms with Gasteiger partial charge in [-0.2, -0.15) is 0 Å². The number of halogens is 2. The smallest absolute Gasteiger partial charge is 0.174 e. The Hall–Kier alpha value is -2.43. The number of nitrogens with one attached hydrogen (secondary N) is 1. The van der Waals surface area contributed by atoms with E-state index < -0.39 is 0 Å². The fourth-order valence-corrected chi connectivity index (χ4v) is 3.25. The highest BCUT2D eigenvalue weighted by molar-refractivity contribution is 7.80. The molecule has 0 heterocycles. The Morgan fingerprint density at radius 1 is 0.963 bits per heavy atom. The van der Waals surface area contributed by atoms with E-state index >= 15 is 0 Å². The van der Waals surface area contributed by atoms with Crippen molar-refractivity contribution in [1.29, 1.82) is 0 Å². The molecule has 0 bridgehead atoms. The number of rotatable bonds is 5. The molecule has 0 saturated carbocycles. The van der Waals surface area contributed by atoms with Crippen LogP contribution in [0.3, 0.4) is 0 Å². The third-order valence-corrected chi connectivity index (χ3v) is 5.02. The summed E-state index contributed by atoms with van der Waals surface area (Å²) >= 11 is 11.9. The van der Waals surface area contributed by atoms with Crippen LogP contribution in [0.15, 0.2) is 72.8 Å². The van der Waals surface area contributed by atoms with Crippen LogP contribution in [0.5, 0.6) is 0 Å². The molecule has 3 aromatic carbocycles. The summed E-state index contributed by atoms with van der Waals surface area (Å²) in [7, 11) is 0. The predicted octanol–water partition coefficient (Wildman–Crippen LogP) is 6.19. The number of aryl methyl sites for hydroxylation is 1. The average Bonchev–Trinajstić information content (AvgIpc) is 2.66. The first-order valence-electron chi connectivity index (χ1n) is 8.63. The van der Waals surface area contributed by atoms with Gasteiger partial charge in [-0.1, -0.05) is 66.2 Å². The standard InChI is InChI=1S/C22H20ClFN2S/c1-16-8-5-6-13-21(16)25-22(27)26(14-17-9-3-2-4-10-17)15-18-19(23)11-7-12-20(18)24/h2-13H,14-15H2,1H3,(H,25,27). The highest BCUT2D eigenvalue weighted by Gasteiger charge is 2.16. The Bertz CT molecular complexity index is 910. The Kier molecular flexibility index (Phi) is 6.43. The molecule has 0 aromatic heterocycles. The fraction of sp³-hybridized carbons (Fsp3) is 0.136. The van der Waals surface area contributed by atoms with Gasteiger partial charge in [0, 0.05) is 29.4 Å². The topological polar surface area (TPSA) is 15.3 Å². The van der Waals surface area contributed by atoms with Crippen molar-refractivity contribution in [2.45, 2.75) is 20.0 Å². The van der Waals surface area contributed by atoms with Crippen LogP contribution in [0, 0.1) is 12.7 Å². The van der Waals surface area contributed by atoms with Gasteiger partial charge in [-0.3, -0.25) is 0 Å². The third-order valence-electron chi connectivity index (χ3n) is 4.30. The van der Waals surface area contributed by atoms with Crippen molar-refractivity contribution in [2.75, 3.05) is 5.32 Å². The van der Waals surface area contributed by atoms with Crippen LogP contribution >= 0.6 is 23.8 Å². The zero-order chi connectivity index (χ0) is 19.2. The van der Waals surface area contributed by atoms with Crippen molar-refractivity contribution < 1.29 is 4.39 Å². The molecule has 0 fully saturated rings. The van der Waals surface area contributed by atoms with E-state index in [-0.39, 0.29) is 12.4 Å². The molecular formula is C22H20ClFN2S. The number of hydrogen-bond donors (Lipinski definition) is 1. The van der Waals surface area contributed by atoms with Crippen LogP contribution in [0.2, 0.25) is 5.02 Å². The molecule has 3 aromatic rings. The minimum Gasteiger partial charge on any atom is -0.340 e. The Morgan fingerprint density at radius 3 is 2.37 bits per heavy atom. The molecule has 0 atom stereocenters. The molecule has 0 aliphatic carbocycles. The molecule has 0 spiro atoms. The maximum Gasteiger partial charge on any atom is 0.174 e. The van der Waals surface area contributed by atoms with Gasteiger partial charge in [0.15, 0.2) is 5.11 Å². The second-order valence-corrected chi connectivity index (χ2v) is 7.08. The summed E-state index contributed by atoms with van der Waals surface area (Å²) in [6, 6.07) is 22.6. The molecule has 138 valence electrons. The van der Waals surface area contributed by atoms with Crippen LogP contribution in [-0.2, 0) is 13.1 Å². The van der Waals surface area contributed by atoms with Crippen LogP contribution in [0.1, 0.15) is 16.7 Å². The summed E-state index contributed by atoms with van der Waals surface area (Å²) in [4.78, 5) is 1.92. The molecule has 0 unspecified atom stereocenters. The van der Waals surface area contributed by atoms with Gasteiger partial charge in [0.25, 0.3) is 0 Å². The second kappa shape index (κ2) is 8.98. The number of anilines is 1. The molecular weight excluding hydrogens is 379 g/mol. The van der Waals surface area contributed by atoms with Crippen LogP contribution < -0.4 is 5.32 Å². The summed E-state index contributed by atoms with van der Waals surface area (Å²) in [5.41, 5.74) is 3.53. The van der Waals surface area contributed by atoms with Gasteiger partial charge in [0.2, 0.25) is 0 Å². The van der Waals surface area contributed by atoms with E-state index in [1.165, 1.54) is 6.07 Å². The van der Waals surface area contributed by atoms with E-state index in [1.54, 1.807) is 12.1 Å². The average molecular weight is 399 g/mol. The number of nitrogens with zero attached hydrogens (tertiary/aromatic N) is 1. The highest BCUT2D eigenvalue weighted by Crippen LogP contribution is 2.23. The van der Waals surface area contributed by atoms with Gasteiger partial charge in [0.05, 0.1) is 0 Å². The van der Waals surface area contributed by atoms with Crippen LogP contribution in [-0.4, -0.2) is 10.0 Å². The molecule has 3 rings (SSSR count). The van der Waals surface area contributed by atoms with E-state index in [0.29, 0.717) is 22.2 Å². The highest BCUT2D eigenvalue weighted by atomic mass is 35.5. The molecule has 0 amide bonds. The summed E-state index contributed by atoms with van der Waals surface area (Å²) in [6.07, 6.45) is 0.